The van der Waals surface area contributed by atoms with Crippen molar-refractivity contribution >= 4 is 34.8 Å². The Labute approximate surface area is 196 Å². The first-order chi connectivity index (χ1) is 16.3. The summed E-state index contributed by atoms with van der Waals surface area (Å²) in [7, 11) is 3.07. The summed E-state index contributed by atoms with van der Waals surface area (Å²) < 4.78 is 16.8. The molecule has 34 heavy (non-hydrogen) atoms. The van der Waals surface area contributed by atoms with Crippen LogP contribution < -0.4 is 25.0 Å². The fourth-order valence-corrected chi connectivity index (χ4v) is 5.08. The van der Waals surface area contributed by atoms with Crippen molar-refractivity contribution < 1.29 is 28.6 Å². The van der Waals surface area contributed by atoms with E-state index in [2.05, 4.69) is 10.6 Å². The van der Waals surface area contributed by atoms with Crippen LogP contribution in [0.3, 0.4) is 0 Å². The molecule has 2 fully saturated rings. The lowest BCUT2D eigenvalue weighted by atomic mass is 9.77. The molecule has 9 heteroatoms. The van der Waals surface area contributed by atoms with Crippen LogP contribution in [0.5, 0.6) is 11.5 Å². The predicted octanol–water partition coefficient (Wildman–Crippen LogP) is 2.59. The molecule has 2 N–H and O–H groups in total. The third kappa shape index (κ3) is 3.49. The SMILES string of the molecule is COc1ccc(NC(=O)C2C3C(=O)N(c4ccc(NC(C)=O)cc4)C[C@@]34C=C[C@@H]2O4)cc1OC. The molecule has 176 valence electrons. The Morgan fingerprint density at radius 3 is 2.41 bits per heavy atom. The number of nitrogens with one attached hydrogen (secondary N) is 2. The summed E-state index contributed by atoms with van der Waals surface area (Å²) in [6.45, 7) is 1.76. The van der Waals surface area contributed by atoms with E-state index in [-0.39, 0.29) is 17.7 Å². The van der Waals surface area contributed by atoms with Gasteiger partial charge < -0.3 is 29.7 Å². The molecule has 2 bridgehead atoms. The summed E-state index contributed by atoms with van der Waals surface area (Å²) in [6.07, 6.45) is 3.32. The zero-order valence-corrected chi connectivity index (χ0v) is 19.0. The van der Waals surface area contributed by atoms with E-state index in [9.17, 15) is 14.4 Å². The van der Waals surface area contributed by atoms with Gasteiger partial charge in [-0.1, -0.05) is 12.2 Å². The van der Waals surface area contributed by atoms with Gasteiger partial charge >= 0.3 is 0 Å². The predicted molar refractivity (Wildman–Crippen MR) is 125 cm³/mol. The fraction of sp³-hybridized carbons (Fsp3) is 0.320. The number of methoxy groups -OCH3 is 2. The maximum Gasteiger partial charge on any atom is 0.234 e. The molecule has 2 saturated heterocycles. The summed E-state index contributed by atoms with van der Waals surface area (Å²) in [5, 5.41) is 5.62. The Kier molecular flexibility index (Phi) is 5.28. The van der Waals surface area contributed by atoms with Crippen LogP contribution in [0.25, 0.3) is 0 Å². The number of nitrogens with zero attached hydrogens (tertiary/aromatic N) is 1. The number of carbonyl (C=O) groups excluding carboxylic acids is 3. The Hall–Kier alpha value is -3.85. The van der Waals surface area contributed by atoms with Crippen molar-refractivity contribution in [1.82, 2.24) is 0 Å². The highest BCUT2D eigenvalue weighted by Gasteiger charge is 2.67. The van der Waals surface area contributed by atoms with Crippen LogP contribution in [-0.2, 0) is 19.1 Å². The maximum absolute atomic E-state index is 13.5. The van der Waals surface area contributed by atoms with Crippen molar-refractivity contribution in [2.24, 2.45) is 11.8 Å². The highest BCUT2D eigenvalue weighted by Crippen LogP contribution is 2.53. The Bertz CT molecular complexity index is 1190. The van der Waals surface area contributed by atoms with E-state index in [1.54, 1.807) is 54.5 Å². The Balaban J connectivity index is 1.37. The van der Waals surface area contributed by atoms with E-state index in [0.717, 1.165) is 0 Å². The van der Waals surface area contributed by atoms with Crippen molar-refractivity contribution in [1.29, 1.82) is 0 Å². The van der Waals surface area contributed by atoms with E-state index in [1.807, 2.05) is 12.2 Å². The van der Waals surface area contributed by atoms with E-state index in [4.69, 9.17) is 14.2 Å². The second-order valence-electron chi connectivity index (χ2n) is 8.61. The smallest absolute Gasteiger partial charge is 0.234 e. The molecule has 5 rings (SSSR count). The van der Waals surface area contributed by atoms with Crippen molar-refractivity contribution in [2.75, 3.05) is 36.3 Å². The Morgan fingerprint density at radius 1 is 1.03 bits per heavy atom. The van der Waals surface area contributed by atoms with Gasteiger partial charge in [-0.05, 0) is 36.4 Å². The summed E-state index contributed by atoms with van der Waals surface area (Å²) in [4.78, 5) is 39.8. The zero-order chi connectivity index (χ0) is 24.0. The maximum atomic E-state index is 13.5. The first-order valence-electron chi connectivity index (χ1n) is 10.9. The van der Waals surface area contributed by atoms with Gasteiger partial charge in [0.05, 0.1) is 38.7 Å². The Morgan fingerprint density at radius 2 is 1.74 bits per heavy atom. The van der Waals surface area contributed by atoms with Crippen molar-refractivity contribution in [3.8, 4) is 11.5 Å². The highest BCUT2D eigenvalue weighted by atomic mass is 16.5. The highest BCUT2D eigenvalue weighted by molar-refractivity contribution is 6.05. The molecule has 3 amide bonds. The second-order valence-corrected chi connectivity index (χ2v) is 8.61. The molecule has 1 spiro atoms. The minimum atomic E-state index is -0.836. The molecule has 2 aromatic carbocycles. The molecule has 0 radical (unpaired) electrons. The minimum Gasteiger partial charge on any atom is -0.493 e. The number of ether oxygens (including phenoxy) is 3. The minimum absolute atomic E-state index is 0.161. The molecule has 2 unspecified atom stereocenters. The summed E-state index contributed by atoms with van der Waals surface area (Å²) in [6, 6.07) is 12.1. The van der Waals surface area contributed by atoms with Crippen LogP contribution in [0.1, 0.15) is 6.92 Å². The van der Waals surface area contributed by atoms with Crippen LogP contribution in [0.2, 0.25) is 0 Å². The molecule has 0 aliphatic carbocycles. The van der Waals surface area contributed by atoms with E-state index < -0.39 is 23.5 Å². The summed E-state index contributed by atoms with van der Waals surface area (Å²) >= 11 is 0. The van der Waals surface area contributed by atoms with Crippen molar-refractivity contribution in [3.05, 3.63) is 54.6 Å². The number of amides is 3. The van der Waals surface area contributed by atoms with Gasteiger partial charge in [0.1, 0.15) is 5.60 Å². The molecule has 9 nitrogen and oxygen atoms in total. The molecule has 0 saturated carbocycles. The fourth-order valence-electron chi connectivity index (χ4n) is 5.08. The molecule has 3 heterocycles. The van der Waals surface area contributed by atoms with Gasteiger partial charge in [0.2, 0.25) is 17.7 Å². The molecule has 3 aliphatic rings. The molecule has 2 aromatic rings. The second kappa shape index (κ2) is 8.18. The van der Waals surface area contributed by atoms with Crippen LogP contribution in [-0.4, -0.2) is 50.2 Å². The lowest BCUT2D eigenvalue weighted by Gasteiger charge is -2.23. The van der Waals surface area contributed by atoms with Gasteiger partial charge in [-0.3, -0.25) is 14.4 Å². The number of hydrogen-bond donors (Lipinski definition) is 2. The average Bonchev–Trinajstić information content (AvgIpc) is 3.47. The third-order valence-corrected chi connectivity index (χ3v) is 6.55. The number of anilines is 3. The number of hydrogen-bond acceptors (Lipinski definition) is 6. The van der Waals surface area contributed by atoms with E-state index in [0.29, 0.717) is 35.1 Å². The largest absolute Gasteiger partial charge is 0.493 e. The third-order valence-electron chi connectivity index (χ3n) is 6.55. The van der Waals surface area contributed by atoms with Crippen LogP contribution in [0, 0.1) is 11.8 Å². The van der Waals surface area contributed by atoms with E-state index in [1.165, 1.54) is 14.0 Å². The average molecular weight is 463 g/mol. The number of benzene rings is 2. The van der Waals surface area contributed by atoms with Crippen molar-refractivity contribution in [2.45, 2.75) is 18.6 Å². The van der Waals surface area contributed by atoms with Crippen LogP contribution in [0.4, 0.5) is 17.1 Å². The standard InChI is InChI=1S/C25H25N3O6/c1-14(29)26-15-4-7-17(8-5-15)28-13-25-11-10-19(34-25)21(22(25)24(28)31)23(30)27-16-6-9-18(32-2)20(12-16)33-3/h4-12,19,21-22H,13H2,1-3H3,(H,26,29)(H,27,30)/t19-,21?,22?,25-/m0/s1. The molecular weight excluding hydrogens is 438 g/mol. The van der Waals surface area contributed by atoms with Crippen molar-refractivity contribution in [3.63, 3.8) is 0 Å². The van der Waals surface area contributed by atoms with E-state index >= 15 is 0 Å². The molecule has 4 atom stereocenters. The quantitative estimate of drug-likeness (QED) is 0.638. The van der Waals surface area contributed by atoms with Gasteiger partial charge in [-0.25, -0.2) is 0 Å². The van der Waals surface area contributed by atoms with Gasteiger partial charge in [0.25, 0.3) is 0 Å². The summed E-state index contributed by atoms with van der Waals surface area (Å²) in [5.41, 5.74) is 1.03. The first-order valence-corrected chi connectivity index (χ1v) is 10.9. The number of fused-ring (bicyclic) bond motifs is 1. The zero-order valence-electron chi connectivity index (χ0n) is 19.0. The van der Waals surface area contributed by atoms with Gasteiger partial charge in [0, 0.05) is 30.1 Å². The normalized spacial score (nSPS) is 26.4. The lowest BCUT2D eigenvalue weighted by molar-refractivity contribution is -0.128. The van der Waals surface area contributed by atoms with Gasteiger partial charge in [0.15, 0.2) is 11.5 Å². The topological polar surface area (TPSA) is 106 Å². The van der Waals surface area contributed by atoms with Gasteiger partial charge in [-0.15, -0.1) is 0 Å². The van der Waals surface area contributed by atoms with Crippen LogP contribution >= 0.6 is 0 Å². The first kappa shape index (κ1) is 22.0. The number of carbonyl (C=O) groups is 3. The van der Waals surface area contributed by atoms with Gasteiger partial charge in [-0.2, -0.15) is 0 Å². The monoisotopic (exact) mass is 463 g/mol. The molecule has 0 aromatic heterocycles. The summed E-state index contributed by atoms with van der Waals surface area (Å²) in [5.74, 6) is -0.857. The van der Waals surface area contributed by atoms with Crippen LogP contribution in [0.15, 0.2) is 54.6 Å². The molecular formula is C25H25N3O6. The number of rotatable bonds is 6. The lowest BCUT2D eigenvalue weighted by Crippen LogP contribution is -2.41. The molecule has 3 aliphatic heterocycles.